The third-order valence-corrected chi connectivity index (χ3v) is 5.89. The first-order valence-electron chi connectivity index (χ1n) is 9.56. The molecule has 1 spiro atoms. The summed E-state index contributed by atoms with van der Waals surface area (Å²) in [7, 11) is 0. The Labute approximate surface area is 190 Å². The quantitative estimate of drug-likeness (QED) is 0.521. The van der Waals surface area contributed by atoms with Crippen LogP contribution in [0.2, 0.25) is 0 Å². The molecule has 0 atom stereocenters. The third kappa shape index (κ3) is 5.31. The van der Waals surface area contributed by atoms with Crippen LogP contribution in [0.1, 0.15) is 24.0 Å². The molecule has 0 saturated carbocycles. The number of halogens is 4. The molecule has 6 nitrogen and oxygen atoms in total. The molecule has 2 heterocycles. The molecule has 2 aliphatic heterocycles. The second kappa shape index (κ2) is 8.67. The number of benzene rings is 2. The number of amides is 1. The average molecular weight is 545 g/mol. The average Bonchev–Trinajstić information content (AvgIpc) is 3.15. The molecule has 1 amide bonds. The summed E-state index contributed by atoms with van der Waals surface area (Å²) in [4.78, 5) is 23.2. The largest absolute Gasteiger partial charge is 0.430 e. The van der Waals surface area contributed by atoms with Gasteiger partial charge in [0.15, 0.2) is 0 Å². The van der Waals surface area contributed by atoms with E-state index in [1.807, 2.05) is 18.2 Å². The van der Waals surface area contributed by atoms with E-state index in [4.69, 9.17) is 9.68 Å². The van der Waals surface area contributed by atoms with Crippen LogP contribution >= 0.6 is 22.6 Å². The Morgan fingerprint density at radius 2 is 1.74 bits per heavy atom. The fraction of sp³-hybridized carbons (Fsp3) is 0.286. The summed E-state index contributed by atoms with van der Waals surface area (Å²) in [6, 6.07) is 12.3. The topological polar surface area (TPSA) is 62.8 Å². The first-order chi connectivity index (χ1) is 14.7. The van der Waals surface area contributed by atoms with Crippen LogP contribution < -0.4 is 10.8 Å². The highest BCUT2D eigenvalue weighted by Gasteiger charge is 2.40. The van der Waals surface area contributed by atoms with Crippen LogP contribution in [-0.4, -0.2) is 29.8 Å². The SMILES string of the molecule is O=C(Nc1ccc(I)cc1)ON1CCC2(C=C(c3ccc(C(F)(F)F)cc3)NO2)CC1. The lowest BCUT2D eigenvalue weighted by Gasteiger charge is -2.35. The lowest BCUT2D eigenvalue weighted by atomic mass is 9.91. The lowest BCUT2D eigenvalue weighted by molar-refractivity contribution is -0.153. The predicted molar refractivity (Wildman–Crippen MR) is 116 cm³/mol. The molecule has 1 fully saturated rings. The van der Waals surface area contributed by atoms with Crippen molar-refractivity contribution in [1.82, 2.24) is 10.5 Å². The van der Waals surface area contributed by atoms with Crippen molar-refractivity contribution in [3.63, 3.8) is 0 Å². The summed E-state index contributed by atoms with van der Waals surface area (Å²) in [5.74, 6) is 0. The Bertz CT molecular complexity index is 970. The molecule has 164 valence electrons. The summed E-state index contributed by atoms with van der Waals surface area (Å²) in [6.45, 7) is 0.914. The van der Waals surface area contributed by atoms with E-state index in [0.29, 0.717) is 42.9 Å². The first kappa shape index (κ1) is 21.9. The standard InChI is InChI=1S/C21H19F3IN3O3/c22-21(23,24)15-3-1-14(2-4-15)18-13-20(31-27-18)9-11-28(12-10-20)30-19(29)26-17-7-5-16(25)6-8-17/h1-8,13,27H,9-12H2,(H,26,29). The number of carbonyl (C=O) groups is 1. The maximum absolute atomic E-state index is 12.7. The van der Waals surface area contributed by atoms with Gasteiger partial charge in [-0.15, -0.1) is 5.06 Å². The van der Waals surface area contributed by atoms with Crippen molar-refractivity contribution in [1.29, 1.82) is 0 Å². The molecule has 0 unspecified atom stereocenters. The van der Waals surface area contributed by atoms with Gasteiger partial charge in [0.1, 0.15) is 5.60 Å². The van der Waals surface area contributed by atoms with Gasteiger partial charge in [0, 0.05) is 22.3 Å². The van der Waals surface area contributed by atoms with Gasteiger partial charge in [0.25, 0.3) is 0 Å². The molecule has 0 radical (unpaired) electrons. The van der Waals surface area contributed by atoms with Crippen molar-refractivity contribution in [2.45, 2.75) is 24.6 Å². The van der Waals surface area contributed by atoms with Crippen LogP contribution in [-0.2, 0) is 15.9 Å². The van der Waals surface area contributed by atoms with E-state index in [1.165, 1.54) is 12.1 Å². The molecular formula is C21H19F3IN3O3. The number of hydroxylamine groups is 3. The van der Waals surface area contributed by atoms with Gasteiger partial charge in [-0.2, -0.15) is 13.2 Å². The predicted octanol–water partition coefficient (Wildman–Crippen LogP) is 5.18. The van der Waals surface area contributed by atoms with E-state index in [9.17, 15) is 18.0 Å². The van der Waals surface area contributed by atoms with Crippen LogP contribution in [0.3, 0.4) is 0 Å². The summed E-state index contributed by atoms with van der Waals surface area (Å²) in [6.07, 6.45) is -1.93. The van der Waals surface area contributed by atoms with Crippen LogP contribution in [0.5, 0.6) is 0 Å². The molecule has 2 aromatic rings. The van der Waals surface area contributed by atoms with Crippen LogP contribution in [0.25, 0.3) is 5.70 Å². The van der Waals surface area contributed by atoms with Gasteiger partial charge in [-0.3, -0.25) is 15.6 Å². The zero-order valence-electron chi connectivity index (χ0n) is 16.2. The maximum atomic E-state index is 12.7. The van der Waals surface area contributed by atoms with Crippen molar-refractivity contribution < 1.29 is 27.6 Å². The summed E-state index contributed by atoms with van der Waals surface area (Å²) < 4.78 is 39.3. The van der Waals surface area contributed by atoms with E-state index < -0.39 is 23.4 Å². The number of carbonyl (C=O) groups excluding carboxylic acids is 1. The highest BCUT2D eigenvalue weighted by molar-refractivity contribution is 14.1. The van der Waals surface area contributed by atoms with Gasteiger partial charge in [0.2, 0.25) is 0 Å². The number of rotatable bonds is 3. The van der Waals surface area contributed by atoms with E-state index in [0.717, 1.165) is 15.7 Å². The number of piperidine rings is 1. The molecule has 2 aromatic carbocycles. The first-order valence-corrected chi connectivity index (χ1v) is 10.6. The van der Waals surface area contributed by atoms with Crippen molar-refractivity contribution in [3.8, 4) is 0 Å². The number of alkyl halides is 3. The molecule has 31 heavy (non-hydrogen) atoms. The molecule has 10 heteroatoms. The van der Waals surface area contributed by atoms with Crippen molar-refractivity contribution in [3.05, 3.63) is 69.3 Å². The fourth-order valence-electron chi connectivity index (χ4n) is 3.45. The zero-order valence-corrected chi connectivity index (χ0v) is 18.4. The maximum Gasteiger partial charge on any atom is 0.430 e. The van der Waals surface area contributed by atoms with E-state index in [2.05, 4.69) is 33.4 Å². The smallest absolute Gasteiger partial charge is 0.351 e. The van der Waals surface area contributed by atoms with Crippen molar-refractivity contribution in [2.75, 3.05) is 18.4 Å². The number of nitrogens with zero attached hydrogens (tertiary/aromatic N) is 1. The van der Waals surface area contributed by atoms with Gasteiger partial charge in [-0.25, -0.2) is 4.79 Å². The summed E-state index contributed by atoms with van der Waals surface area (Å²) in [5, 5.41) is 4.25. The van der Waals surface area contributed by atoms with E-state index >= 15 is 0 Å². The van der Waals surface area contributed by atoms with Gasteiger partial charge < -0.3 is 4.84 Å². The Hall–Kier alpha value is -2.31. The second-order valence-electron chi connectivity index (χ2n) is 7.34. The van der Waals surface area contributed by atoms with Gasteiger partial charge in [-0.05, 0) is 83.5 Å². The minimum Gasteiger partial charge on any atom is -0.351 e. The normalized spacial score (nSPS) is 18.4. The molecular weight excluding hydrogens is 526 g/mol. The summed E-state index contributed by atoms with van der Waals surface area (Å²) in [5.41, 5.74) is 3.42. The van der Waals surface area contributed by atoms with E-state index in [-0.39, 0.29) is 0 Å². The number of nitrogens with one attached hydrogen (secondary N) is 2. The second-order valence-corrected chi connectivity index (χ2v) is 8.59. The zero-order chi connectivity index (χ0) is 22.1. The Kier molecular flexibility index (Phi) is 6.13. The highest BCUT2D eigenvalue weighted by atomic mass is 127. The monoisotopic (exact) mass is 545 g/mol. The number of hydrogen-bond donors (Lipinski definition) is 2. The minimum atomic E-state index is -4.37. The summed E-state index contributed by atoms with van der Waals surface area (Å²) >= 11 is 2.18. The molecule has 0 bridgehead atoms. The molecule has 0 aliphatic carbocycles. The van der Waals surface area contributed by atoms with Crippen LogP contribution in [0, 0.1) is 3.57 Å². The molecule has 2 aliphatic rings. The van der Waals surface area contributed by atoms with Gasteiger partial charge in [0.05, 0.1) is 11.3 Å². The van der Waals surface area contributed by atoms with Crippen LogP contribution in [0.4, 0.5) is 23.7 Å². The molecule has 1 saturated heterocycles. The number of anilines is 1. The Morgan fingerprint density at radius 1 is 1.10 bits per heavy atom. The Balaban J connectivity index is 1.32. The van der Waals surface area contributed by atoms with Crippen LogP contribution in [0.15, 0.2) is 54.6 Å². The van der Waals surface area contributed by atoms with E-state index in [1.54, 1.807) is 17.2 Å². The van der Waals surface area contributed by atoms with Crippen molar-refractivity contribution in [2.24, 2.45) is 0 Å². The lowest BCUT2D eigenvalue weighted by Crippen LogP contribution is -2.45. The van der Waals surface area contributed by atoms with Gasteiger partial charge >= 0.3 is 12.3 Å². The minimum absolute atomic E-state index is 0.457. The third-order valence-electron chi connectivity index (χ3n) is 5.17. The number of hydrogen-bond acceptors (Lipinski definition) is 5. The van der Waals surface area contributed by atoms with Gasteiger partial charge in [-0.1, -0.05) is 12.1 Å². The molecule has 2 N–H and O–H groups in total. The molecule has 4 rings (SSSR count). The Morgan fingerprint density at radius 3 is 2.35 bits per heavy atom. The van der Waals surface area contributed by atoms with Crippen molar-refractivity contribution >= 4 is 40.1 Å². The highest BCUT2D eigenvalue weighted by Crippen LogP contribution is 2.36. The molecule has 0 aromatic heterocycles. The fourth-order valence-corrected chi connectivity index (χ4v) is 3.81.